The number of hydrogen-bond acceptors (Lipinski definition) is 2. The van der Waals surface area contributed by atoms with Crippen LogP contribution in [0, 0.1) is 0 Å². The Labute approximate surface area is 132 Å². The summed E-state index contributed by atoms with van der Waals surface area (Å²) in [5.41, 5.74) is 4.23. The first-order chi connectivity index (χ1) is 10.9. The lowest BCUT2D eigenvalue weighted by atomic mass is 9.83. The Kier molecular flexibility index (Phi) is 3.77. The summed E-state index contributed by atoms with van der Waals surface area (Å²) in [5, 5.41) is 0. The maximum Gasteiger partial charge on any atom is 0.0342 e. The Balaban J connectivity index is 1.60. The molecule has 2 heteroatoms. The average molecular weight is 290 g/mol. The van der Waals surface area contributed by atoms with Crippen LogP contribution < -0.4 is 0 Å². The second kappa shape index (κ2) is 6.05. The molecule has 1 aromatic carbocycles. The number of hydrogen-bond donors (Lipinski definition) is 0. The van der Waals surface area contributed by atoms with Crippen LogP contribution in [0.1, 0.15) is 36.8 Å². The minimum Gasteiger partial charge on any atom is -0.289 e. The first-order valence-electron chi connectivity index (χ1n) is 8.31. The van der Waals surface area contributed by atoms with Gasteiger partial charge in [-0.1, -0.05) is 48.9 Å². The molecule has 2 aromatic rings. The van der Waals surface area contributed by atoms with Crippen LogP contribution in [0.25, 0.3) is 5.57 Å². The van der Waals surface area contributed by atoms with E-state index in [9.17, 15) is 0 Å². The van der Waals surface area contributed by atoms with Crippen molar-refractivity contribution in [3.63, 3.8) is 0 Å². The van der Waals surface area contributed by atoms with Crippen molar-refractivity contribution in [3.05, 3.63) is 72.1 Å². The smallest absolute Gasteiger partial charge is 0.0342 e. The van der Waals surface area contributed by atoms with E-state index in [0.717, 1.165) is 13.0 Å². The molecule has 22 heavy (non-hydrogen) atoms. The highest BCUT2D eigenvalue weighted by atomic mass is 15.2. The lowest BCUT2D eigenvalue weighted by Gasteiger charge is -2.45. The molecule has 2 nitrogen and oxygen atoms in total. The fraction of sp³-hybridized carbons (Fsp3) is 0.350. The second-order valence-electron chi connectivity index (χ2n) is 6.45. The number of fused-ring (bicyclic) bond motifs is 2. The Morgan fingerprint density at radius 3 is 2.73 bits per heavy atom. The van der Waals surface area contributed by atoms with Crippen LogP contribution in [-0.2, 0) is 6.54 Å². The van der Waals surface area contributed by atoms with E-state index in [1.165, 1.54) is 36.0 Å². The number of rotatable bonds is 3. The van der Waals surface area contributed by atoms with Crippen LogP contribution in [0.2, 0.25) is 0 Å². The fourth-order valence-electron chi connectivity index (χ4n) is 3.92. The minimum atomic E-state index is 0.586. The molecule has 0 spiro atoms. The van der Waals surface area contributed by atoms with Crippen molar-refractivity contribution in [2.75, 3.05) is 0 Å². The summed E-state index contributed by atoms with van der Waals surface area (Å²) in [7, 11) is 0. The van der Waals surface area contributed by atoms with Crippen LogP contribution >= 0.6 is 0 Å². The number of aromatic nitrogens is 1. The molecule has 2 atom stereocenters. The molecule has 1 aromatic heterocycles. The molecular formula is C20H22N2. The molecule has 4 rings (SSSR count). The van der Waals surface area contributed by atoms with E-state index in [2.05, 4.69) is 52.4 Å². The molecule has 1 saturated heterocycles. The highest BCUT2D eigenvalue weighted by molar-refractivity contribution is 5.67. The van der Waals surface area contributed by atoms with Crippen molar-refractivity contribution in [3.8, 4) is 0 Å². The number of nitrogens with zero attached hydrogens (tertiary/aromatic N) is 2. The summed E-state index contributed by atoms with van der Waals surface area (Å²) >= 11 is 0. The van der Waals surface area contributed by atoms with Gasteiger partial charge in [-0.15, -0.1) is 0 Å². The van der Waals surface area contributed by atoms with Crippen molar-refractivity contribution in [1.82, 2.24) is 9.88 Å². The van der Waals surface area contributed by atoms with E-state index < -0.39 is 0 Å². The van der Waals surface area contributed by atoms with Gasteiger partial charge in [0.05, 0.1) is 0 Å². The van der Waals surface area contributed by atoms with Gasteiger partial charge in [0.15, 0.2) is 0 Å². The highest BCUT2D eigenvalue weighted by Crippen LogP contribution is 2.37. The zero-order chi connectivity index (χ0) is 14.8. The summed E-state index contributed by atoms with van der Waals surface area (Å²) in [6.07, 6.45) is 11.5. The SMILES string of the molecule is C1=C(c2cccnc2)CC2CCCC1N2Cc1ccccc1. The monoisotopic (exact) mass is 290 g/mol. The van der Waals surface area contributed by atoms with Gasteiger partial charge in [0.1, 0.15) is 0 Å². The topological polar surface area (TPSA) is 16.1 Å². The molecule has 2 bridgehead atoms. The van der Waals surface area contributed by atoms with Crippen LogP contribution in [0.4, 0.5) is 0 Å². The second-order valence-corrected chi connectivity index (χ2v) is 6.45. The number of benzene rings is 1. The maximum atomic E-state index is 4.29. The first kappa shape index (κ1) is 13.7. The molecule has 112 valence electrons. The van der Waals surface area contributed by atoms with Gasteiger partial charge in [0.25, 0.3) is 0 Å². The first-order valence-corrected chi connectivity index (χ1v) is 8.31. The third kappa shape index (κ3) is 2.71. The molecule has 0 radical (unpaired) electrons. The summed E-state index contributed by atoms with van der Waals surface area (Å²) in [6, 6.07) is 16.4. The Bertz CT molecular complexity index is 648. The molecule has 0 amide bonds. The molecule has 0 N–H and O–H groups in total. The summed E-state index contributed by atoms with van der Waals surface area (Å²) in [5.74, 6) is 0. The van der Waals surface area contributed by atoms with Gasteiger partial charge in [0.2, 0.25) is 0 Å². The quantitative estimate of drug-likeness (QED) is 0.838. The van der Waals surface area contributed by atoms with E-state index >= 15 is 0 Å². The van der Waals surface area contributed by atoms with E-state index in [1.807, 2.05) is 18.5 Å². The van der Waals surface area contributed by atoms with E-state index in [-0.39, 0.29) is 0 Å². The largest absolute Gasteiger partial charge is 0.289 e. The van der Waals surface area contributed by atoms with Gasteiger partial charge in [0, 0.05) is 31.0 Å². The van der Waals surface area contributed by atoms with Gasteiger partial charge < -0.3 is 0 Å². The van der Waals surface area contributed by atoms with E-state index in [0.29, 0.717) is 12.1 Å². The fourth-order valence-corrected chi connectivity index (χ4v) is 3.92. The van der Waals surface area contributed by atoms with Crippen molar-refractivity contribution >= 4 is 5.57 Å². The lowest BCUT2D eigenvalue weighted by molar-refractivity contribution is 0.0951. The number of piperidine rings is 1. The predicted octanol–water partition coefficient (Wildman–Crippen LogP) is 4.29. The van der Waals surface area contributed by atoms with Crippen LogP contribution in [0.15, 0.2) is 60.9 Å². The zero-order valence-corrected chi connectivity index (χ0v) is 12.9. The summed E-state index contributed by atoms with van der Waals surface area (Å²) < 4.78 is 0. The maximum absolute atomic E-state index is 4.29. The zero-order valence-electron chi connectivity index (χ0n) is 12.9. The summed E-state index contributed by atoms with van der Waals surface area (Å²) in [4.78, 5) is 6.99. The number of pyridine rings is 1. The average Bonchev–Trinajstić information content (AvgIpc) is 2.56. The predicted molar refractivity (Wildman–Crippen MR) is 90.2 cm³/mol. The van der Waals surface area contributed by atoms with Crippen LogP contribution in [-0.4, -0.2) is 22.0 Å². The summed E-state index contributed by atoms with van der Waals surface area (Å²) in [6.45, 7) is 1.08. The Hall–Kier alpha value is -1.93. The third-order valence-electron chi connectivity index (χ3n) is 5.02. The van der Waals surface area contributed by atoms with Gasteiger partial charge in [-0.2, -0.15) is 0 Å². The third-order valence-corrected chi connectivity index (χ3v) is 5.02. The van der Waals surface area contributed by atoms with Crippen molar-refractivity contribution in [2.45, 2.75) is 44.3 Å². The van der Waals surface area contributed by atoms with Gasteiger partial charge in [-0.3, -0.25) is 9.88 Å². The molecule has 3 heterocycles. The molecule has 0 saturated carbocycles. The molecule has 1 fully saturated rings. The Morgan fingerprint density at radius 1 is 1.05 bits per heavy atom. The Morgan fingerprint density at radius 2 is 1.95 bits per heavy atom. The normalized spacial score (nSPS) is 24.8. The van der Waals surface area contributed by atoms with E-state index in [4.69, 9.17) is 0 Å². The van der Waals surface area contributed by atoms with E-state index in [1.54, 1.807) is 0 Å². The molecular weight excluding hydrogens is 268 g/mol. The van der Waals surface area contributed by atoms with Crippen LogP contribution in [0.3, 0.4) is 0 Å². The highest BCUT2D eigenvalue weighted by Gasteiger charge is 2.33. The molecule has 2 aliphatic heterocycles. The van der Waals surface area contributed by atoms with Crippen molar-refractivity contribution < 1.29 is 0 Å². The van der Waals surface area contributed by atoms with Gasteiger partial charge in [-0.25, -0.2) is 0 Å². The standard InChI is InChI=1S/C20H22N2/c1-2-6-16(7-3-1)15-22-19-9-4-10-20(22)13-18(12-19)17-8-5-11-21-14-17/h1-3,5-8,11-12,14,19-20H,4,9-10,13,15H2. The van der Waals surface area contributed by atoms with Crippen molar-refractivity contribution in [2.24, 2.45) is 0 Å². The van der Waals surface area contributed by atoms with Crippen molar-refractivity contribution in [1.29, 1.82) is 0 Å². The van der Waals surface area contributed by atoms with Crippen LogP contribution in [0.5, 0.6) is 0 Å². The molecule has 2 aliphatic rings. The van der Waals surface area contributed by atoms with Gasteiger partial charge in [-0.05, 0) is 42.0 Å². The molecule has 2 unspecified atom stereocenters. The molecule has 0 aliphatic carbocycles. The lowest BCUT2D eigenvalue weighted by Crippen LogP contribution is -2.47. The van der Waals surface area contributed by atoms with Gasteiger partial charge >= 0.3 is 0 Å². The minimum absolute atomic E-state index is 0.586.